The third kappa shape index (κ3) is 6.43. The molecule has 0 radical (unpaired) electrons. The number of rotatable bonds is 6. The van der Waals surface area contributed by atoms with Crippen molar-refractivity contribution < 1.29 is 19.1 Å². The van der Waals surface area contributed by atoms with Gasteiger partial charge >= 0.3 is 6.16 Å². The number of ether oxygens (including phenoxy) is 2. The highest BCUT2D eigenvalue weighted by atomic mass is 35.6. The molecule has 1 heterocycles. The molecule has 0 spiro atoms. The average molecular weight is 363 g/mol. The van der Waals surface area contributed by atoms with Crippen LogP contribution < -0.4 is 5.32 Å². The van der Waals surface area contributed by atoms with Crippen LogP contribution in [0.4, 0.5) is 4.79 Å². The van der Waals surface area contributed by atoms with Gasteiger partial charge in [0.1, 0.15) is 6.61 Å². The Hall–Kier alpha value is -0.300. The minimum Gasteiger partial charge on any atom is -0.434 e. The summed E-state index contributed by atoms with van der Waals surface area (Å²) in [5, 5.41) is 2.76. The van der Waals surface area contributed by atoms with Crippen LogP contribution in [-0.2, 0) is 14.3 Å². The van der Waals surface area contributed by atoms with E-state index in [0.717, 1.165) is 4.86 Å². The fraction of sp³-hybridized carbons (Fsp3) is 0.727. The zero-order valence-corrected chi connectivity index (χ0v) is 13.7. The summed E-state index contributed by atoms with van der Waals surface area (Å²) in [6.07, 6.45) is 0.115. The number of hydrogen-bond donors (Lipinski definition) is 1. The van der Waals surface area contributed by atoms with E-state index in [-0.39, 0.29) is 24.5 Å². The molecule has 0 saturated carbocycles. The standard InChI is InChI=1S/C11H14Cl3NO4S/c1-6(20)4-8-7(9(16)15-8)2-3-18-10(17)19-5-11(12,13)14/h7-8H,2-5H2,1H3,(H,15,16)/t7-,8-/m1/s1. The van der Waals surface area contributed by atoms with Gasteiger partial charge in [-0.1, -0.05) is 47.0 Å². The van der Waals surface area contributed by atoms with E-state index >= 15 is 0 Å². The minimum absolute atomic E-state index is 0.0146. The summed E-state index contributed by atoms with van der Waals surface area (Å²) in [6, 6.07) is 0.0146. The molecule has 1 aliphatic heterocycles. The quantitative estimate of drug-likeness (QED) is 0.341. The number of carbonyl (C=O) groups is 2. The number of thiocarbonyl (C=S) groups is 1. The first-order valence-electron chi connectivity index (χ1n) is 5.85. The third-order valence-electron chi connectivity index (χ3n) is 2.66. The number of nitrogens with one attached hydrogen (secondary N) is 1. The molecule has 0 unspecified atom stereocenters. The normalized spacial score (nSPS) is 21.7. The van der Waals surface area contributed by atoms with Crippen molar-refractivity contribution in [1.82, 2.24) is 5.32 Å². The molecule has 0 aromatic heterocycles. The van der Waals surface area contributed by atoms with E-state index < -0.39 is 16.6 Å². The summed E-state index contributed by atoms with van der Waals surface area (Å²) in [4.78, 5) is 23.4. The van der Waals surface area contributed by atoms with E-state index in [1.165, 1.54) is 0 Å². The van der Waals surface area contributed by atoms with Crippen LogP contribution in [0.25, 0.3) is 0 Å². The molecule has 0 bridgehead atoms. The van der Waals surface area contributed by atoms with Crippen molar-refractivity contribution >= 4 is 63.9 Å². The lowest BCUT2D eigenvalue weighted by Gasteiger charge is -2.36. The molecular formula is C11H14Cl3NO4S. The van der Waals surface area contributed by atoms with Crippen LogP contribution in [0.5, 0.6) is 0 Å². The van der Waals surface area contributed by atoms with E-state index in [2.05, 4.69) is 10.1 Å². The first kappa shape index (κ1) is 17.8. The average Bonchev–Trinajstić information content (AvgIpc) is 2.30. The molecule has 1 N–H and O–H groups in total. The molecule has 0 aromatic rings. The first-order chi connectivity index (χ1) is 9.19. The topological polar surface area (TPSA) is 64.6 Å². The fourth-order valence-electron chi connectivity index (χ4n) is 1.76. The van der Waals surface area contributed by atoms with Crippen LogP contribution in [-0.4, -0.2) is 40.0 Å². The van der Waals surface area contributed by atoms with Crippen molar-refractivity contribution in [2.45, 2.75) is 29.6 Å². The molecule has 1 fully saturated rings. The maximum absolute atomic E-state index is 11.4. The van der Waals surface area contributed by atoms with Crippen LogP contribution in [0.15, 0.2) is 0 Å². The molecule has 20 heavy (non-hydrogen) atoms. The van der Waals surface area contributed by atoms with Crippen molar-refractivity contribution in [1.29, 1.82) is 0 Å². The molecule has 1 rings (SSSR count). The number of amides is 1. The van der Waals surface area contributed by atoms with Crippen molar-refractivity contribution in [2.24, 2.45) is 5.92 Å². The van der Waals surface area contributed by atoms with Gasteiger partial charge in [0.05, 0.1) is 12.5 Å². The van der Waals surface area contributed by atoms with Gasteiger partial charge in [0.2, 0.25) is 9.70 Å². The van der Waals surface area contributed by atoms with E-state index in [4.69, 9.17) is 51.8 Å². The Labute approximate surface area is 137 Å². The maximum atomic E-state index is 11.4. The van der Waals surface area contributed by atoms with Gasteiger partial charge in [0, 0.05) is 6.04 Å². The van der Waals surface area contributed by atoms with Gasteiger partial charge in [-0.05, 0) is 24.6 Å². The molecule has 114 valence electrons. The van der Waals surface area contributed by atoms with Crippen LogP contribution in [0.1, 0.15) is 19.8 Å². The van der Waals surface area contributed by atoms with Crippen LogP contribution in [0.3, 0.4) is 0 Å². The fourth-order valence-corrected chi connectivity index (χ4v) is 2.11. The Bertz CT molecular complexity index is 400. The van der Waals surface area contributed by atoms with Crippen LogP contribution >= 0.6 is 47.0 Å². The summed E-state index contributed by atoms with van der Waals surface area (Å²) in [5.41, 5.74) is 0. The lowest BCUT2D eigenvalue weighted by Crippen LogP contribution is -2.58. The second-order valence-corrected chi connectivity index (χ2v) is 7.63. The van der Waals surface area contributed by atoms with E-state index in [1.54, 1.807) is 0 Å². The number of hydrogen-bond acceptors (Lipinski definition) is 5. The van der Waals surface area contributed by atoms with Crippen LogP contribution in [0, 0.1) is 5.92 Å². The number of β-lactam (4-membered cyclic amide) rings is 1. The van der Waals surface area contributed by atoms with Gasteiger partial charge in [0.15, 0.2) is 0 Å². The summed E-state index contributed by atoms with van der Waals surface area (Å²) < 4.78 is 7.70. The van der Waals surface area contributed by atoms with Crippen molar-refractivity contribution in [3.63, 3.8) is 0 Å². The molecule has 9 heteroatoms. The zero-order chi connectivity index (χ0) is 15.3. The highest BCUT2D eigenvalue weighted by Crippen LogP contribution is 2.26. The minimum atomic E-state index is -1.67. The Morgan fingerprint density at radius 2 is 2.05 bits per heavy atom. The lowest BCUT2D eigenvalue weighted by atomic mass is 9.85. The maximum Gasteiger partial charge on any atom is 0.508 e. The van der Waals surface area contributed by atoms with Gasteiger partial charge in [-0.25, -0.2) is 4.79 Å². The highest BCUT2D eigenvalue weighted by Gasteiger charge is 2.38. The van der Waals surface area contributed by atoms with Gasteiger partial charge in [0.25, 0.3) is 0 Å². The monoisotopic (exact) mass is 361 g/mol. The molecule has 1 aliphatic rings. The second-order valence-electron chi connectivity index (χ2n) is 4.42. The van der Waals surface area contributed by atoms with E-state index in [9.17, 15) is 9.59 Å². The molecule has 0 aromatic carbocycles. The number of carbonyl (C=O) groups excluding carboxylic acids is 2. The van der Waals surface area contributed by atoms with Crippen LogP contribution in [0.2, 0.25) is 0 Å². The second kappa shape index (κ2) is 7.64. The zero-order valence-electron chi connectivity index (χ0n) is 10.7. The van der Waals surface area contributed by atoms with Gasteiger partial charge < -0.3 is 14.8 Å². The van der Waals surface area contributed by atoms with Crippen molar-refractivity contribution in [2.75, 3.05) is 13.2 Å². The van der Waals surface area contributed by atoms with Gasteiger partial charge in [-0.2, -0.15) is 0 Å². The Balaban J connectivity index is 2.21. The number of alkyl halides is 3. The highest BCUT2D eigenvalue weighted by molar-refractivity contribution is 7.80. The SMILES string of the molecule is CC(=S)C[C@H]1NC(=O)[C@@H]1CCOC(=O)OCC(Cl)(Cl)Cl. The Kier molecular flexibility index (Phi) is 6.78. The van der Waals surface area contributed by atoms with E-state index in [1.807, 2.05) is 6.92 Å². The molecule has 1 saturated heterocycles. The Morgan fingerprint density at radius 3 is 2.55 bits per heavy atom. The largest absolute Gasteiger partial charge is 0.508 e. The van der Waals surface area contributed by atoms with Crippen molar-refractivity contribution in [3.05, 3.63) is 0 Å². The molecule has 2 atom stereocenters. The molecule has 1 amide bonds. The van der Waals surface area contributed by atoms with Gasteiger partial charge in [-0.15, -0.1) is 0 Å². The number of halogens is 3. The Morgan fingerprint density at radius 1 is 1.40 bits per heavy atom. The first-order valence-corrected chi connectivity index (χ1v) is 7.39. The predicted octanol–water partition coefficient (Wildman–Crippen LogP) is 2.79. The predicted molar refractivity (Wildman–Crippen MR) is 80.5 cm³/mol. The molecular weight excluding hydrogens is 349 g/mol. The summed E-state index contributed by atoms with van der Waals surface area (Å²) in [5.74, 6) is -0.265. The van der Waals surface area contributed by atoms with Gasteiger partial charge in [-0.3, -0.25) is 4.79 Å². The third-order valence-corrected chi connectivity index (χ3v) is 3.15. The molecule has 0 aliphatic carbocycles. The molecule has 5 nitrogen and oxygen atoms in total. The van der Waals surface area contributed by atoms with E-state index in [0.29, 0.717) is 12.8 Å². The smallest absolute Gasteiger partial charge is 0.434 e. The lowest BCUT2D eigenvalue weighted by molar-refractivity contribution is -0.135. The van der Waals surface area contributed by atoms with Crippen molar-refractivity contribution in [3.8, 4) is 0 Å². The summed E-state index contributed by atoms with van der Waals surface area (Å²) in [7, 11) is 0. The summed E-state index contributed by atoms with van der Waals surface area (Å²) >= 11 is 21.2. The summed E-state index contributed by atoms with van der Waals surface area (Å²) in [6.45, 7) is 1.48.